The molecule has 2 heterocycles. The Labute approximate surface area is 196 Å². The number of hydrogen-bond acceptors (Lipinski definition) is 6. The van der Waals surface area contributed by atoms with Crippen LogP contribution in [0.15, 0.2) is 59.8 Å². The van der Waals surface area contributed by atoms with Gasteiger partial charge < -0.3 is 10.1 Å². The first-order valence-electron chi connectivity index (χ1n) is 10.9. The average molecular weight is 467 g/mol. The summed E-state index contributed by atoms with van der Waals surface area (Å²) in [5.74, 6) is 0.605. The number of anilines is 1. The van der Waals surface area contributed by atoms with Gasteiger partial charge in [-0.1, -0.05) is 36.4 Å². The smallest absolute Gasteiger partial charge is 0.341 e. The van der Waals surface area contributed by atoms with Crippen LogP contribution in [0.1, 0.15) is 52.0 Å². The summed E-state index contributed by atoms with van der Waals surface area (Å²) >= 11 is 3.06. The van der Waals surface area contributed by atoms with E-state index in [9.17, 15) is 9.59 Å². The van der Waals surface area contributed by atoms with E-state index in [0.717, 1.165) is 29.9 Å². The highest BCUT2D eigenvalue weighted by atomic mass is 32.2. The van der Waals surface area contributed by atoms with Crippen molar-refractivity contribution in [3.8, 4) is 0 Å². The molecule has 1 N–H and O–H groups in total. The summed E-state index contributed by atoms with van der Waals surface area (Å²) in [6, 6.07) is 16.2. The molecule has 0 spiro atoms. The van der Waals surface area contributed by atoms with E-state index in [0.29, 0.717) is 35.3 Å². The number of esters is 1. The van der Waals surface area contributed by atoms with Gasteiger partial charge in [-0.15, -0.1) is 23.1 Å². The lowest BCUT2D eigenvalue weighted by atomic mass is 9.83. The minimum Gasteiger partial charge on any atom is -0.462 e. The minimum absolute atomic E-state index is 0.0998. The molecule has 166 valence electrons. The molecule has 4 rings (SSSR count). The van der Waals surface area contributed by atoms with Crippen molar-refractivity contribution in [3.05, 3.63) is 76.3 Å². The number of carbonyl (C=O) groups is 2. The van der Waals surface area contributed by atoms with Crippen molar-refractivity contribution in [2.45, 2.75) is 43.6 Å². The summed E-state index contributed by atoms with van der Waals surface area (Å²) in [7, 11) is 0. The first kappa shape index (κ1) is 22.6. The predicted octanol–water partition coefficient (Wildman–Crippen LogP) is 5.71. The number of carbonyl (C=O) groups excluding carboxylic acids is 2. The van der Waals surface area contributed by atoms with Crippen molar-refractivity contribution in [2.75, 3.05) is 17.7 Å². The minimum atomic E-state index is -0.346. The molecule has 1 amide bonds. The number of nitrogens with zero attached hydrogens (tertiary/aromatic N) is 1. The standard InChI is InChI=1S/C25H26N2O3S2/c1-2-30-25(29)23-19-12-11-18(17-8-4-3-5-9-17)16-20(19)32-24(23)27-21(28)13-15-31-22-10-6-7-14-26-22/h3-10,14,18H,2,11-13,15-16H2,1H3,(H,27,28). The molecule has 0 radical (unpaired) electrons. The lowest BCUT2D eigenvalue weighted by molar-refractivity contribution is -0.115. The lowest BCUT2D eigenvalue weighted by Crippen LogP contribution is -2.17. The molecule has 1 atom stereocenters. The highest BCUT2D eigenvalue weighted by Gasteiger charge is 2.30. The third-order valence-electron chi connectivity index (χ3n) is 5.49. The molecule has 0 aliphatic heterocycles. The number of pyridine rings is 1. The molecule has 7 heteroatoms. The summed E-state index contributed by atoms with van der Waals surface area (Å²) < 4.78 is 5.33. The van der Waals surface area contributed by atoms with Gasteiger partial charge in [0.2, 0.25) is 5.91 Å². The Bertz CT molecular complexity index is 1070. The molecule has 2 aromatic heterocycles. The second-order valence-electron chi connectivity index (χ2n) is 7.59. The Morgan fingerprint density at radius 3 is 2.75 bits per heavy atom. The third-order valence-corrected chi connectivity index (χ3v) is 7.60. The zero-order chi connectivity index (χ0) is 22.3. The average Bonchev–Trinajstić information content (AvgIpc) is 3.17. The van der Waals surface area contributed by atoms with E-state index in [4.69, 9.17) is 4.74 Å². The van der Waals surface area contributed by atoms with Crippen molar-refractivity contribution < 1.29 is 14.3 Å². The summed E-state index contributed by atoms with van der Waals surface area (Å²) in [5, 5.41) is 4.51. The van der Waals surface area contributed by atoms with Crippen LogP contribution in [-0.4, -0.2) is 29.2 Å². The van der Waals surface area contributed by atoms with Gasteiger partial charge in [-0.05, 0) is 55.4 Å². The molecule has 1 aliphatic carbocycles. The zero-order valence-corrected chi connectivity index (χ0v) is 19.6. The van der Waals surface area contributed by atoms with Crippen LogP contribution in [0.25, 0.3) is 0 Å². The quantitative estimate of drug-likeness (QED) is 0.340. The maximum atomic E-state index is 12.8. The van der Waals surface area contributed by atoms with E-state index < -0.39 is 0 Å². The molecule has 1 aromatic carbocycles. The van der Waals surface area contributed by atoms with E-state index in [2.05, 4.69) is 34.6 Å². The van der Waals surface area contributed by atoms with Crippen molar-refractivity contribution in [1.29, 1.82) is 0 Å². The Morgan fingerprint density at radius 2 is 2.00 bits per heavy atom. The van der Waals surface area contributed by atoms with Gasteiger partial charge in [0.05, 0.1) is 17.2 Å². The van der Waals surface area contributed by atoms with Crippen LogP contribution in [0.4, 0.5) is 5.00 Å². The first-order valence-corrected chi connectivity index (χ1v) is 12.7. The summed E-state index contributed by atoms with van der Waals surface area (Å²) in [5.41, 5.74) is 2.91. The molecule has 0 saturated carbocycles. The summed E-state index contributed by atoms with van der Waals surface area (Å²) in [6.45, 7) is 2.11. The second kappa shape index (κ2) is 10.8. The number of rotatable bonds is 8. The van der Waals surface area contributed by atoms with E-state index >= 15 is 0 Å². The number of thiophene rings is 1. The lowest BCUT2D eigenvalue weighted by Gasteiger charge is -2.23. The van der Waals surface area contributed by atoms with E-state index in [-0.39, 0.29) is 11.9 Å². The normalized spacial score (nSPS) is 15.1. The van der Waals surface area contributed by atoms with Gasteiger partial charge in [-0.3, -0.25) is 4.79 Å². The Balaban J connectivity index is 1.48. The van der Waals surface area contributed by atoms with Gasteiger partial charge in [0.15, 0.2) is 0 Å². The summed E-state index contributed by atoms with van der Waals surface area (Å²) in [4.78, 5) is 30.8. The van der Waals surface area contributed by atoms with Crippen LogP contribution in [-0.2, 0) is 22.4 Å². The van der Waals surface area contributed by atoms with Crippen LogP contribution >= 0.6 is 23.1 Å². The van der Waals surface area contributed by atoms with Crippen molar-refractivity contribution in [3.63, 3.8) is 0 Å². The number of ether oxygens (including phenoxy) is 1. The Morgan fingerprint density at radius 1 is 1.19 bits per heavy atom. The van der Waals surface area contributed by atoms with Crippen molar-refractivity contribution in [2.24, 2.45) is 0 Å². The van der Waals surface area contributed by atoms with Gasteiger partial charge >= 0.3 is 5.97 Å². The van der Waals surface area contributed by atoms with Gasteiger partial charge in [-0.25, -0.2) is 9.78 Å². The maximum Gasteiger partial charge on any atom is 0.341 e. The fourth-order valence-corrected chi connectivity index (χ4v) is 6.11. The molecule has 3 aromatic rings. The number of thioether (sulfide) groups is 1. The molecule has 1 aliphatic rings. The number of hydrogen-bond donors (Lipinski definition) is 1. The van der Waals surface area contributed by atoms with Crippen molar-refractivity contribution in [1.82, 2.24) is 4.98 Å². The Hall–Kier alpha value is -2.64. The number of benzene rings is 1. The highest BCUT2D eigenvalue weighted by molar-refractivity contribution is 7.99. The monoisotopic (exact) mass is 466 g/mol. The SMILES string of the molecule is CCOC(=O)c1c(NC(=O)CCSc2ccccn2)sc2c1CCC(c1ccccc1)C2. The number of amides is 1. The molecular weight excluding hydrogens is 440 g/mol. The fourth-order valence-electron chi connectivity index (χ4n) is 3.97. The number of nitrogens with one attached hydrogen (secondary N) is 1. The summed E-state index contributed by atoms with van der Waals surface area (Å²) in [6.07, 6.45) is 4.76. The molecule has 0 saturated heterocycles. The van der Waals surface area contributed by atoms with E-state index in [1.54, 1.807) is 24.9 Å². The van der Waals surface area contributed by atoms with E-state index in [1.165, 1.54) is 21.8 Å². The molecule has 0 bridgehead atoms. The third kappa shape index (κ3) is 5.40. The van der Waals surface area contributed by atoms with Gasteiger partial charge in [0, 0.05) is 23.2 Å². The topological polar surface area (TPSA) is 68.3 Å². The zero-order valence-electron chi connectivity index (χ0n) is 18.0. The molecule has 1 unspecified atom stereocenters. The fraction of sp³-hybridized carbons (Fsp3) is 0.320. The van der Waals surface area contributed by atoms with E-state index in [1.807, 2.05) is 24.3 Å². The second-order valence-corrected chi connectivity index (χ2v) is 9.81. The largest absolute Gasteiger partial charge is 0.462 e. The number of fused-ring (bicyclic) bond motifs is 1. The number of aromatic nitrogens is 1. The van der Waals surface area contributed by atoms with Crippen LogP contribution < -0.4 is 5.32 Å². The maximum absolute atomic E-state index is 12.8. The van der Waals surface area contributed by atoms with Crippen LogP contribution in [0.2, 0.25) is 0 Å². The van der Waals surface area contributed by atoms with Gasteiger partial charge in [0.25, 0.3) is 0 Å². The van der Waals surface area contributed by atoms with Crippen LogP contribution in [0.5, 0.6) is 0 Å². The highest BCUT2D eigenvalue weighted by Crippen LogP contribution is 2.42. The molecule has 32 heavy (non-hydrogen) atoms. The van der Waals surface area contributed by atoms with Crippen LogP contribution in [0, 0.1) is 0 Å². The first-order chi connectivity index (χ1) is 15.7. The molecule has 5 nitrogen and oxygen atoms in total. The molecular formula is C25H26N2O3S2. The molecule has 0 fully saturated rings. The van der Waals surface area contributed by atoms with Gasteiger partial charge in [-0.2, -0.15) is 0 Å². The van der Waals surface area contributed by atoms with Gasteiger partial charge in [0.1, 0.15) is 5.00 Å². The van der Waals surface area contributed by atoms with Crippen LogP contribution in [0.3, 0.4) is 0 Å². The predicted molar refractivity (Wildman–Crippen MR) is 130 cm³/mol. The Kier molecular flexibility index (Phi) is 7.60. The van der Waals surface area contributed by atoms with Crippen molar-refractivity contribution >= 4 is 40.0 Å².